The fourth-order valence-corrected chi connectivity index (χ4v) is 3.24. The molecule has 0 aliphatic rings. The van der Waals surface area contributed by atoms with Crippen LogP contribution in [0.25, 0.3) is 5.69 Å². The number of tetrazole rings is 1. The predicted octanol–water partition coefficient (Wildman–Crippen LogP) is 4.32. The van der Waals surface area contributed by atoms with Crippen LogP contribution in [0.4, 0.5) is 4.39 Å². The van der Waals surface area contributed by atoms with Crippen LogP contribution in [0, 0.1) is 5.82 Å². The number of aromatic nitrogens is 4. The second-order valence-corrected chi connectivity index (χ2v) is 6.72. The highest BCUT2D eigenvalue weighted by Crippen LogP contribution is 2.35. The van der Waals surface area contributed by atoms with E-state index in [1.165, 1.54) is 17.8 Å². The molecule has 0 bridgehead atoms. The van der Waals surface area contributed by atoms with Gasteiger partial charge in [0.25, 0.3) is 0 Å². The lowest BCUT2D eigenvalue weighted by molar-refractivity contribution is 0.414. The van der Waals surface area contributed by atoms with Gasteiger partial charge in [-0.3, -0.25) is 0 Å². The van der Waals surface area contributed by atoms with Crippen LogP contribution in [0.3, 0.4) is 0 Å². The number of thioether (sulfide) groups is 1. The van der Waals surface area contributed by atoms with Crippen LogP contribution < -0.4 is 4.74 Å². The first-order valence-corrected chi connectivity index (χ1v) is 8.38. The molecule has 5 nitrogen and oxygen atoms in total. The zero-order chi connectivity index (χ0) is 17.1. The molecule has 8 heteroatoms. The molecule has 0 saturated carbocycles. The standard InChI is InChI=1S/C16H14ClFN4OS/c1-10(11-3-8-15(18)14(17)9-11)24-16-19-20-21-22(16)12-4-6-13(23-2)7-5-12/h3-10H,1-2H3. The zero-order valence-corrected chi connectivity index (χ0v) is 14.6. The molecule has 0 N–H and O–H groups in total. The minimum absolute atomic E-state index is 0.00565. The maximum atomic E-state index is 13.3. The van der Waals surface area contributed by atoms with Crippen molar-refractivity contribution in [3.8, 4) is 11.4 Å². The van der Waals surface area contributed by atoms with Crippen molar-refractivity contribution in [2.45, 2.75) is 17.3 Å². The summed E-state index contributed by atoms with van der Waals surface area (Å²) < 4.78 is 20.1. The Balaban J connectivity index is 1.83. The van der Waals surface area contributed by atoms with E-state index in [-0.39, 0.29) is 10.3 Å². The molecule has 1 heterocycles. The molecular weight excluding hydrogens is 351 g/mol. The van der Waals surface area contributed by atoms with Crippen molar-refractivity contribution in [2.24, 2.45) is 0 Å². The normalized spacial score (nSPS) is 12.2. The van der Waals surface area contributed by atoms with E-state index in [1.807, 2.05) is 31.2 Å². The lowest BCUT2D eigenvalue weighted by Gasteiger charge is -2.12. The number of methoxy groups -OCH3 is 1. The molecule has 0 aliphatic carbocycles. The molecular formula is C16H14ClFN4OS. The molecule has 3 rings (SSSR count). The number of hydrogen-bond donors (Lipinski definition) is 0. The van der Waals surface area contributed by atoms with Gasteiger partial charge in [-0.2, -0.15) is 4.68 Å². The second-order valence-electron chi connectivity index (χ2n) is 5.00. The lowest BCUT2D eigenvalue weighted by atomic mass is 10.2. The van der Waals surface area contributed by atoms with Crippen LogP contribution in [-0.2, 0) is 0 Å². The fraction of sp³-hybridized carbons (Fsp3) is 0.188. The van der Waals surface area contributed by atoms with Gasteiger partial charge in [0.15, 0.2) is 0 Å². The number of nitrogens with zero attached hydrogens (tertiary/aromatic N) is 4. The van der Waals surface area contributed by atoms with Crippen molar-refractivity contribution >= 4 is 23.4 Å². The molecule has 0 radical (unpaired) electrons. The van der Waals surface area contributed by atoms with E-state index in [1.54, 1.807) is 23.9 Å². The lowest BCUT2D eigenvalue weighted by Crippen LogP contribution is -2.00. The largest absolute Gasteiger partial charge is 0.497 e. The summed E-state index contributed by atoms with van der Waals surface area (Å²) in [4.78, 5) is 0. The van der Waals surface area contributed by atoms with Crippen molar-refractivity contribution in [2.75, 3.05) is 7.11 Å². The summed E-state index contributed by atoms with van der Waals surface area (Å²) in [6.45, 7) is 1.99. The monoisotopic (exact) mass is 364 g/mol. The van der Waals surface area contributed by atoms with Crippen LogP contribution >= 0.6 is 23.4 Å². The molecule has 24 heavy (non-hydrogen) atoms. The molecule has 124 valence electrons. The van der Waals surface area contributed by atoms with Crippen LogP contribution in [0.15, 0.2) is 47.6 Å². The van der Waals surface area contributed by atoms with E-state index < -0.39 is 5.82 Å². The van der Waals surface area contributed by atoms with Gasteiger partial charge in [0.1, 0.15) is 11.6 Å². The number of halogens is 2. The molecule has 0 spiro atoms. The highest BCUT2D eigenvalue weighted by Gasteiger charge is 2.16. The van der Waals surface area contributed by atoms with E-state index in [2.05, 4.69) is 15.5 Å². The smallest absolute Gasteiger partial charge is 0.214 e. The van der Waals surface area contributed by atoms with Crippen molar-refractivity contribution in [3.63, 3.8) is 0 Å². The average molecular weight is 365 g/mol. The van der Waals surface area contributed by atoms with Gasteiger partial charge in [-0.05, 0) is 59.3 Å². The summed E-state index contributed by atoms with van der Waals surface area (Å²) in [6.07, 6.45) is 0. The minimum Gasteiger partial charge on any atom is -0.497 e. The average Bonchev–Trinajstić information content (AvgIpc) is 3.05. The van der Waals surface area contributed by atoms with Gasteiger partial charge in [0, 0.05) is 5.25 Å². The molecule has 1 atom stereocenters. The van der Waals surface area contributed by atoms with E-state index in [0.29, 0.717) is 5.16 Å². The third-order valence-corrected chi connectivity index (χ3v) is 4.83. The van der Waals surface area contributed by atoms with E-state index in [4.69, 9.17) is 16.3 Å². The Bertz CT molecular complexity index is 840. The molecule has 1 aromatic heterocycles. The third kappa shape index (κ3) is 3.52. The highest BCUT2D eigenvalue weighted by atomic mass is 35.5. The summed E-state index contributed by atoms with van der Waals surface area (Å²) in [5.74, 6) is 0.330. The molecule has 1 unspecified atom stereocenters. The van der Waals surface area contributed by atoms with Crippen molar-refractivity contribution in [3.05, 3.63) is 58.9 Å². The fourth-order valence-electron chi connectivity index (χ4n) is 2.13. The predicted molar refractivity (Wildman–Crippen MR) is 91.4 cm³/mol. The summed E-state index contributed by atoms with van der Waals surface area (Å²) in [6, 6.07) is 12.1. The van der Waals surface area contributed by atoms with Crippen molar-refractivity contribution in [1.82, 2.24) is 20.2 Å². The van der Waals surface area contributed by atoms with Crippen LogP contribution in [0.1, 0.15) is 17.7 Å². The molecule has 0 aliphatic heterocycles. The first kappa shape index (κ1) is 16.7. The molecule has 2 aromatic carbocycles. The molecule has 0 amide bonds. The first-order valence-electron chi connectivity index (χ1n) is 7.13. The number of benzene rings is 2. The van der Waals surface area contributed by atoms with E-state index >= 15 is 0 Å². The van der Waals surface area contributed by atoms with Gasteiger partial charge in [-0.25, -0.2) is 4.39 Å². The van der Waals surface area contributed by atoms with Gasteiger partial charge < -0.3 is 4.74 Å². The highest BCUT2D eigenvalue weighted by molar-refractivity contribution is 7.99. The van der Waals surface area contributed by atoms with Gasteiger partial charge in [-0.15, -0.1) is 5.10 Å². The Morgan fingerprint density at radius 1 is 1.21 bits per heavy atom. The summed E-state index contributed by atoms with van der Waals surface area (Å²) in [5.41, 5.74) is 1.73. The molecule has 0 saturated heterocycles. The quantitative estimate of drug-likeness (QED) is 0.631. The van der Waals surface area contributed by atoms with Crippen LogP contribution in [0.2, 0.25) is 5.02 Å². The van der Waals surface area contributed by atoms with Gasteiger partial charge in [-0.1, -0.05) is 29.4 Å². The SMILES string of the molecule is COc1ccc(-n2nnnc2SC(C)c2ccc(F)c(Cl)c2)cc1. The maximum Gasteiger partial charge on any atom is 0.214 e. The van der Waals surface area contributed by atoms with E-state index in [9.17, 15) is 4.39 Å². The maximum absolute atomic E-state index is 13.3. The van der Waals surface area contributed by atoms with Gasteiger partial charge in [0.2, 0.25) is 5.16 Å². The number of hydrogen-bond acceptors (Lipinski definition) is 5. The van der Waals surface area contributed by atoms with Gasteiger partial charge in [0.05, 0.1) is 17.8 Å². The second kappa shape index (κ2) is 7.19. The molecule has 0 fully saturated rings. The zero-order valence-electron chi connectivity index (χ0n) is 13.0. The van der Waals surface area contributed by atoms with Crippen LogP contribution in [-0.4, -0.2) is 27.3 Å². The minimum atomic E-state index is -0.430. The summed E-state index contributed by atoms with van der Waals surface area (Å²) in [7, 11) is 1.61. The Morgan fingerprint density at radius 3 is 2.62 bits per heavy atom. The van der Waals surface area contributed by atoms with Crippen molar-refractivity contribution in [1.29, 1.82) is 0 Å². The van der Waals surface area contributed by atoms with Gasteiger partial charge >= 0.3 is 0 Å². The third-order valence-electron chi connectivity index (χ3n) is 3.45. The number of ether oxygens (including phenoxy) is 1. The number of rotatable bonds is 5. The Hall–Kier alpha value is -2.12. The molecule has 3 aromatic rings. The first-order chi connectivity index (χ1) is 11.6. The Morgan fingerprint density at radius 2 is 1.96 bits per heavy atom. The van der Waals surface area contributed by atoms with Crippen molar-refractivity contribution < 1.29 is 9.13 Å². The van der Waals surface area contributed by atoms with E-state index in [0.717, 1.165) is 17.0 Å². The Labute approximate surface area is 147 Å². The summed E-state index contributed by atoms with van der Waals surface area (Å²) >= 11 is 7.32. The topological polar surface area (TPSA) is 52.8 Å². The van der Waals surface area contributed by atoms with Crippen LogP contribution in [0.5, 0.6) is 5.75 Å². The Kier molecular flexibility index (Phi) is 5.01. The summed E-state index contributed by atoms with van der Waals surface area (Å²) in [5, 5.41) is 12.6.